The van der Waals surface area contributed by atoms with E-state index in [0.717, 1.165) is 16.6 Å². The van der Waals surface area contributed by atoms with Gasteiger partial charge in [0.25, 0.3) is 0 Å². The molecule has 2 heteroatoms. The second kappa shape index (κ2) is 2.23. The van der Waals surface area contributed by atoms with E-state index in [9.17, 15) is 0 Å². The predicted molar refractivity (Wildman–Crippen MR) is 44.9 cm³/mol. The normalized spacial score (nSPS) is 10.2. The smallest absolute Gasteiger partial charge is 0.137 e. The zero-order valence-corrected chi connectivity index (χ0v) is 5.91. The van der Waals surface area contributed by atoms with Crippen molar-refractivity contribution in [2.45, 2.75) is 0 Å². The molecule has 0 fully saturated rings. The number of nitrogens with zero attached hydrogens (tertiary/aromatic N) is 1. The summed E-state index contributed by atoms with van der Waals surface area (Å²) >= 11 is 0. The summed E-state index contributed by atoms with van der Waals surface area (Å²) in [6.45, 7) is 5.39. The highest BCUT2D eigenvalue weighted by atomic mass is 14.8. The Bertz CT molecular complexity index is 387. The van der Waals surface area contributed by atoms with Crippen molar-refractivity contribution in [3.05, 3.63) is 36.7 Å². The average Bonchev–Trinajstić information content (AvgIpc) is 2.47. The van der Waals surface area contributed by atoms with Gasteiger partial charge in [0.15, 0.2) is 0 Å². The number of pyridine rings is 1. The molecule has 0 spiro atoms. The van der Waals surface area contributed by atoms with Gasteiger partial charge in [-0.05, 0) is 12.1 Å². The highest BCUT2D eigenvalue weighted by Crippen LogP contribution is 2.15. The molecule has 1 radical (unpaired) electrons. The first-order valence-electron chi connectivity index (χ1n) is 3.39. The van der Waals surface area contributed by atoms with Crippen LogP contribution in [0.25, 0.3) is 17.1 Å². The predicted octanol–water partition coefficient (Wildman–Crippen LogP) is 2.01. The lowest BCUT2D eigenvalue weighted by Gasteiger charge is -1.87. The zero-order chi connectivity index (χ0) is 7.68. The Morgan fingerprint density at radius 1 is 1.55 bits per heavy atom. The second-order valence-electron chi connectivity index (χ2n) is 2.31. The molecule has 2 aromatic heterocycles. The van der Waals surface area contributed by atoms with Crippen LogP contribution in [0.3, 0.4) is 0 Å². The van der Waals surface area contributed by atoms with Gasteiger partial charge in [-0.1, -0.05) is 12.7 Å². The van der Waals surface area contributed by atoms with Crippen LogP contribution in [0.15, 0.2) is 24.5 Å². The maximum Gasteiger partial charge on any atom is 0.137 e. The van der Waals surface area contributed by atoms with Crippen molar-refractivity contribution in [3.63, 3.8) is 0 Å². The van der Waals surface area contributed by atoms with E-state index in [1.165, 1.54) is 0 Å². The van der Waals surface area contributed by atoms with Crippen LogP contribution in [0.1, 0.15) is 5.56 Å². The van der Waals surface area contributed by atoms with Crippen molar-refractivity contribution in [2.75, 3.05) is 0 Å². The number of aromatic nitrogens is 2. The van der Waals surface area contributed by atoms with Gasteiger partial charge in [0.2, 0.25) is 0 Å². The van der Waals surface area contributed by atoms with Gasteiger partial charge >= 0.3 is 0 Å². The lowest BCUT2D eigenvalue weighted by Crippen LogP contribution is -1.72. The number of hydrogen-bond donors (Lipinski definition) is 1. The molecule has 0 saturated heterocycles. The molecule has 0 aliphatic rings. The maximum absolute atomic E-state index is 5.39. The summed E-state index contributed by atoms with van der Waals surface area (Å²) in [5.41, 5.74) is 1.87. The molecule has 0 aliphatic carbocycles. The summed E-state index contributed by atoms with van der Waals surface area (Å²) in [6, 6.07) is 3.88. The summed E-state index contributed by atoms with van der Waals surface area (Å²) in [5, 5.41) is 1.06. The molecule has 1 N–H and O–H groups in total. The lowest BCUT2D eigenvalue weighted by molar-refractivity contribution is 1.33. The molecule has 53 valence electrons. The van der Waals surface area contributed by atoms with Crippen molar-refractivity contribution >= 4 is 17.1 Å². The zero-order valence-electron chi connectivity index (χ0n) is 5.91. The third-order valence-electron chi connectivity index (χ3n) is 1.66. The van der Waals surface area contributed by atoms with Crippen LogP contribution < -0.4 is 0 Å². The van der Waals surface area contributed by atoms with E-state index in [2.05, 4.69) is 9.97 Å². The molecule has 0 unspecified atom stereocenters. The Morgan fingerprint density at radius 3 is 3.27 bits per heavy atom. The van der Waals surface area contributed by atoms with Crippen LogP contribution in [0.4, 0.5) is 0 Å². The van der Waals surface area contributed by atoms with E-state index >= 15 is 0 Å². The molecule has 11 heavy (non-hydrogen) atoms. The van der Waals surface area contributed by atoms with Gasteiger partial charge in [0.1, 0.15) is 5.65 Å². The minimum atomic E-state index is 0.879. The summed E-state index contributed by atoms with van der Waals surface area (Å²) in [5.74, 6) is 0. The SMILES string of the molecule is [CH]=Cc1c[nH]c2ncccc12. The molecule has 2 heterocycles. The number of nitrogens with one attached hydrogen (secondary N) is 1. The number of aromatic amines is 1. The average molecular weight is 143 g/mol. The molecule has 2 rings (SSSR count). The van der Waals surface area contributed by atoms with Crippen LogP contribution in [0.5, 0.6) is 0 Å². The van der Waals surface area contributed by atoms with Crippen molar-refractivity contribution in [3.8, 4) is 0 Å². The Hall–Kier alpha value is -1.57. The summed E-state index contributed by atoms with van der Waals surface area (Å²) < 4.78 is 0. The third-order valence-corrected chi connectivity index (χ3v) is 1.66. The Labute approximate surface area is 64.6 Å². The molecule has 2 nitrogen and oxygen atoms in total. The van der Waals surface area contributed by atoms with Crippen molar-refractivity contribution in [1.82, 2.24) is 9.97 Å². The third kappa shape index (κ3) is 0.835. The second-order valence-corrected chi connectivity index (χ2v) is 2.31. The topological polar surface area (TPSA) is 28.7 Å². The number of fused-ring (bicyclic) bond motifs is 1. The summed E-state index contributed by atoms with van der Waals surface area (Å²) in [4.78, 5) is 7.14. The van der Waals surface area contributed by atoms with Gasteiger partial charge in [-0.3, -0.25) is 0 Å². The highest BCUT2D eigenvalue weighted by Gasteiger charge is 1.97. The van der Waals surface area contributed by atoms with E-state index in [1.807, 2.05) is 18.3 Å². The van der Waals surface area contributed by atoms with Crippen LogP contribution in [-0.4, -0.2) is 9.97 Å². The van der Waals surface area contributed by atoms with Crippen LogP contribution in [0, 0.1) is 6.58 Å². The molecule has 0 saturated carbocycles. The summed E-state index contributed by atoms with van der Waals surface area (Å²) in [6.07, 6.45) is 5.16. The minimum absolute atomic E-state index is 0.879. The van der Waals surface area contributed by atoms with Crippen molar-refractivity contribution in [1.29, 1.82) is 0 Å². The number of rotatable bonds is 1. The lowest BCUT2D eigenvalue weighted by atomic mass is 10.2. The highest BCUT2D eigenvalue weighted by molar-refractivity contribution is 5.85. The van der Waals surface area contributed by atoms with Gasteiger partial charge in [-0.2, -0.15) is 0 Å². The fraction of sp³-hybridized carbons (Fsp3) is 0. The molecular formula is C9H7N2. The van der Waals surface area contributed by atoms with Gasteiger partial charge < -0.3 is 4.98 Å². The largest absolute Gasteiger partial charge is 0.346 e. The molecule has 0 aliphatic heterocycles. The van der Waals surface area contributed by atoms with Gasteiger partial charge in [0, 0.05) is 23.3 Å². The molecule has 0 aromatic carbocycles. The van der Waals surface area contributed by atoms with E-state index < -0.39 is 0 Å². The molecule has 0 atom stereocenters. The monoisotopic (exact) mass is 143 g/mol. The van der Waals surface area contributed by atoms with Crippen LogP contribution >= 0.6 is 0 Å². The first-order chi connectivity index (χ1) is 5.42. The van der Waals surface area contributed by atoms with E-state index in [0.29, 0.717) is 0 Å². The van der Waals surface area contributed by atoms with Crippen LogP contribution in [0.2, 0.25) is 0 Å². The Morgan fingerprint density at radius 2 is 2.45 bits per heavy atom. The van der Waals surface area contributed by atoms with E-state index in [1.54, 1.807) is 12.3 Å². The summed E-state index contributed by atoms with van der Waals surface area (Å²) in [7, 11) is 0. The Balaban J connectivity index is 2.86. The number of hydrogen-bond acceptors (Lipinski definition) is 1. The first-order valence-corrected chi connectivity index (χ1v) is 3.39. The molecule has 0 bridgehead atoms. The number of H-pyrrole nitrogens is 1. The van der Waals surface area contributed by atoms with Gasteiger partial charge in [-0.15, -0.1) is 0 Å². The molecule has 0 amide bonds. The van der Waals surface area contributed by atoms with E-state index in [4.69, 9.17) is 6.58 Å². The Kier molecular flexibility index (Phi) is 1.25. The fourth-order valence-electron chi connectivity index (χ4n) is 1.12. The van der Waals surface area contributed by atoms with Crippen molar-refractivity contribution in [2.24, 2.45) is 0 Å². The van der Waals surface area contributed by atoms with Crippen molar-refractivity contribution < 1.29 is 0 Å². The fourth-order valence-corrected chi connectivity index (χ4v) is 1.12. The van der Waals surface area contributed by atoms with Gasteiger partial charge in [-0.25, -0.2) is 4.98 Å². The molecule has 2 aromatic rings. The van der Waals surface area contributed by atoms with Crippen LogP contribution in [-0.2, 0) is 0 Å². The minimum Gasteiger partial charge on any atom is -0.346 e. The quantitative estimate of drug-likeness (QED) is 0.649. The van der Waals surface area contributed by atoms with Gasteiger partial charge in [0.05, 0.1) is 0 Å². The standard InChI is InChI=1S/C9H7N2/c1-2-7-6-11-9-8(7)4-3-5-10-9/h1-6H,(H,10,11). The van der Waals surface area contributed by atoms with E-state index in [-0.39, 0.29) is 0 Å². The maximum atomic E-state index is 5.39. The first kappa shape index (κ1) is 6.16. The molecular weight excluding hydrogens is 136 g/mol.